The molecule has 0 aromatic carbocycles. The SMILES string of the molecule is CC(=O)OC1(C2C3C=CC(S3)C2C2(OC(=O)CC(=O)O)CCCC2)CCCC1. The van der Waals surface area contributed by atoms with Gasteiger partial charge in [-0.25, -0.2) is 0 Å². The van der Waals surface area contributed by atoms with E-state index in [1.807, 2.05) is 11.8 Å². The molecule has 2 bridgehead atoms. The topological polar surface area (TPSA) is 89.9 Å². The van der Waals surface area contributed by atoms with Crippen LogP contribution >= 0.6 is 11.8 Å². The highest BCUT2D eigenvalue weighted by atomic mass is 32.2. The molecule has 2 saturated carbocycles. The zero-order chi connectivity index (χ0) is 19.9. The molecular weight excluding hydrogens is 380 g/mol. The van der Waals surface area contributed by atoms with E-state index >= 15 is 0 Å². The van der Waals surface area contributed by atoms with Gasteiger partial charge < -0.3 is 14.6 Å². The van der Waals surface area contributed by atoms with Crippen molar-refractivity contribution in [1.29, 1.82) is 0 Å². The van der Waals surface area contributed by atoms with Crippen LogP contribution in [0.1, 0.15) is 64.7 Å². The van der Waals surface area contributed by atoms with Gasteiger partial charge in [0.2, 0.25) is 0 Å². The van der Waals surface area contributed by atoms with Crippen molar-refractivity contribution in [3.8, 4) is 0 Å². The molecule has 4 rings (SSSR count). The fourth-order valence-electron chi connectivity index (χ4n) is 6.19. The number of carbonyl (C=O) groups excluding carboxylic acids is 2. The minimum absolute atomic E-state index is 0.0604. The van der Waals surface area contributed by atoms with E-state index in [-0.39, 0.29) is 28.3 Å². The number of carbonyl (C=O) groups is 3. The number of carboxylic acids is 1. The first-order chi connectivity index (χ1) is 13.4. The summed E-state index contributed by atoms with van der Waals surface area (Å²) in [5.41, 5.74) is -1.15. The Kier molecular flexibility index (Phi) is 5.23. The molecule has 0 spiro atoms. The largest absolute Gasteiger partial charge is 0.481 e. The Morgan fingerprint density at radius 1 is 0.929 bits per heavy atom. The molecule has 2 aliphatic heterocycles. The summed E-state index contributed by atoms with van der Waals surface area (Å²) in [5, 5.41) is 9.48. The van der Waals surface area contributed by atoms with Gasteiger partial charge in [0.05, 0.1) is 0 Å². The molecule has 4 aliphatic rings. The van der Waals surface area contributed by atoms with Gasteiger partial charge in [-0.3, -0.25) is 14.4 Å². The van der Waals surface area contributed by atoms with E-state index < -0.39 is 29.6 Å². The van der Waals surface area contributed by atoms with Crippen LogP contribution in [0.15, 0.2) is 12.2 Å². The van der Waals surface area contributed by atoms with Crippen LogP contribution in [-0.2, 0) is 23.9 Å². The van der Waals surface area contributed by atoms with Crippen LogP contribution in [-0.4, -0.2) is 44.7 Å². The summed E-state index contributed by atoms with van der Waals surface area (Å²) in [5.74, 6) is -1.90. The molecule has 0 radical (unpaired) electrons. The lowest BCUT2D eigenvalue weighted by Gasteiger charge is -2.47. The number of carboxylic acid groups (broad SMARTS) is 1. The summed E-state index contributed by atoms with van der Waals surface area (Å²) in [6.07, 6.45) is 11.1. The summed E-state index contributed by atoms with van der Waals surface area (Å²) < 4.78 is 12.0. The molecule has 4 unspecified atom stereocenters. The maximum Gasteiger partial charge on any atom is 0.317 e. The summed E-state index contributed by atoms with van der Waals surface area (Å²) in [4.78, 5) is 35.3. The highest BCUT2D eigenvalue weighted by Gasteiger charge is 2.64. The highest BCUT2D eigenvalue weighted by molar-refractivity contribution is 8.01. The molecule has 0 aromatic rings. The summed E-state index contributed by atoms with van der Waals surface area (Å²) >= 11 is 1.88. The number of aliphatic carboxylic acids is 1. The van der Waals surface area contributed by atoms with E-state index in [2.05, 4.69) is 12.2 Å². The number of hydrogen-bond acceptors (Lipinski definition) is 6. The van der Waals surface area contributed by atoms with Crippen LogP contribution in [0.4, 0.5) is 0 Å². The van der Waals surface area contributed by atoms with Crippen molar-refractivity contribution in [3.63, 3.8) is 0 Å². The lowest BCUT2D eigenvalue weighted by atomic mass is 9.64. The van der Waals surface area contributed by atoms with Crippen molar-refractivity contribution < 1.29 is 29.0 Å². The molecule has 1 saturated heterocycles. The van der Waals surface area contributed by atoms with Gasteiger partial charge in [0.15, 0.2) is 0 Å². The number of thioether (sulfide) groups is 1. The average molecular weight is 409 g/mol. The molecule has 28 heavy (non-hydrogen) atoms. The molecule has 4 atom stereocenters. The van der Waals surface area contributed by atoms with Crippen molar-refractivity contribution in [2.75, 3.05) is 0 Å². The fourth-order valence-corrected chi connectivity index (χ4v) is 8.09. The Hall–Kier alpha value is -1.50. The summed E-state index contributed by atoms with van der Waals surface area (Å²) in [6, 6.07) is 0. The number of hydrogen-bond donors (Lipinski definition) is 1. The van der Waals surface area contributed by atoms with Gasteiger partial charge in [0.25, 0.3) is 0 Å². The molecule has 7 heteroatoms. The quantitative estimate of drug-likeness (QED) is 0.409. The van der Waals surface area contributed by atoms with Crippen molar-refractivity contribution in [2.24, 2.45) is 11.8 Å². The molecule has 154 valence electrons. The Labute approximate surface area is 169 Å². The summed E-state index contributed by atoms with van der Waals surface area (Å²) in [6.45, 7) is 1.48. The third-order valence-corrected chi connectivity index (χ3v) is 8.50. The number of ether oxygens (including phenoxy) is 2. The minimum atomic E-state index is -1.16. The van der Waals surface area contributed by atoms with E-state index in [1.54, 1.807) is 0 Å². The second kappa shape index (κ2) is 7.39. The predicted molar refractivity (Wildman–Crippen MR) is 104 cm³/mol. The number of fused-ring (bicyclic) bond motifs is 2. The second-order valence-corrected chi connectivity index (χ2v) is 10.0. The second-order valence-electron chi connectivity index (χ2n) is 8.68. The van der Waals surface area contributed by atoms with E-state index in [9.17, 15) is 14.4 Å². The Bertz CT molecular complexity index is 689. The first-order valence-corrected chi connectivity index (χ1v) is 11.3. The van der Waals surface area contributed by atoms with Crippen LogP contribution in [0.2, 0.25) is 0 Å². The van der Waals surface area contributed by atoms with E-state index in [0.29, 0.717) is 0 Å². The standard InChI is InChI=1S/C21H28O6S/c1-13(22)26-20(8-2-3-9-20)18-14-6-7-15(28-14)19(18)21(10-4-5-11-21)27-17(25)12-16(23)24/h6-7,14-15,18-19H,2-5,8-12H2,1H3,(H,23,24). The van der Waals surface area contributed by atoms with E-state index in [0.717, 1.165) is 51.4 Å². The van der Waals surface area contributed by atoms with Gasteiger partial charge in [-0.1, -0.05) is 12.2 Å². The lowest BCUT2D eigenvalue weighted by Crippen LogP contribution is -2.55. The van der Waals surface area contributed by atoms with Gasteiger partial charge in [-0.05, 0) is 51.4 Å². The maximum atomic E-state index is 12.3. The van der Waals surface area contributed by atoms with Gasteiger partial charge in [-0.15, -0.1) is 11.8 Å². The number of rotatable bonds is 6. The molecule has 1 N–H and O–H groups in total. The average Bonchev–Trinajstić information content (AvgIpc) is 3.37. The van der Waals surface area contributed by atoms with Crippen molar-refractivity contribution >= 4 is 29.7 Å². The molecular formula is C21H28O6S. The number of esters is 2. The van der Waals surface area contributed by atoms with Gasteiger partial charge in [-0.2, -0.15) is 0 Å². The van der Waals surface area contributed by atoms with Crippen molar-refractivity contribution in [2.45, 2.75) is 86.4 Å². The predicted octanol–water partition coefficient (Wildman–Crippen LogP) is 3.48. The molecule has 2 heterocycles. The van der Waals surface area contributed by atoms with Crippen LogP contribution in [0.5, 0.6) is 0 Å². The van der Waals surface area contributed by atoms with Gasteiger partial charge in [0.1, 0.15) is 17.6 Å². The van der Waals surface area contributed by atoms with Crippen LogP contribution in [0, 0.1) is 11.8 Å². The van der Waals surface area contributed by atoms with Crippen LogP contribution in [0.3, 0.4) is 0 Å². The molecule has 2 aliphatic carbocycles. The Balaban J connectivity index is 1.68. The maximum absolute atomic E-state index is 12.3. The van der Waals surface area contributed by atoms with Crippen LogP contribution < -0.4 is 0 Å². The zero-order valence-corrected chi connectivity index (χ0v) is 17.0. The fraction of sp³-hybridized carbons (Fsp3) is 0.762. The molecule has 0 amide bonds. The summed E-state index contributed by atoms with van der Waals surface area (Å²) in [7, 11) is 0. The zero-order valence-electron chi connectivity index (χ0n) is 16.2. The highest BCUT2D eigenvalue weighted by Crippen LogP contribution is 2.63. The van der Waals surface area contributed by atoms with Crippen LogP contribution in [0.25, 0.3) is 0 Å². The lowest BCUT2D eigenvalue weighted by molar-refractivity contribution is -0.185. The minimum Gasteiger partial charge on any atom is -0.481 e. The molecule has 0 aromatic heterocycles. The van der Waals surface area contributed by atoms with Crippen molar-refractivity contribution in [3.05, 3.63) is 12.2 Å². The Morgan fingerprint density at radius 2 is 1.39 bits per heavy atom. The smallest absolute Gasteiger partial charge is 0.317 e. The third kappa shape index (κ3) is 3.36. The third-order valence-electron chi connectivity index (χ3n) is 6.97. The Morgan fingerprint density at radius 3 is 1.82 bits per heavy atom. The first kappa shape index (κ1) is 19.8. The molecule has 6 nitrogen and oxygen atoms in total. The normalized spacial score (nSPS) is 34.5. The first-order valence-electron chi connectivity index (χ1n) is 10.3. The van der Waals surface area contributed by atoms with Gasteiger partial charge >= 0.3 is 17.9 Å². The van der Waals surface area contributed by atoms with Crippen molar-refractivity contribution in [1.82, 2.24) is 0 Å². The van der Waals surface area contributed by atoms with Gasteiger partial charge in [0, 0.05) is 29.3 Å². The monoisotopic (exact) mass is 408 g/mol. The van der Waals surface area contributed by atoms with E-state index in [4.69, 9.17) is 14.6 Å². The van der Waals surface area contributed by atoms with E-state index in [1.165, 1.54) is 6.92 Å². The molecule has 3 fully saturated rings.